The zero-order valence-electron chi connectivity index (χ0n) is 12.0. The van der Waals surface area contributed by atoms with Gasteiger partial charge in [0, 0.05) is 24.8 Å². The molecule has 0 fully saturated rings. The Hall–Kier alpha value is -3.01. The van der Waals surface area contributed by atoms with Gasteiger partial charge in [-0.25, -0.2) is 0 Å². The third-order valence-corrected chi connectivity index (χ3v) is 3.02. The molecule has 0 saturated carbocycles. The molecule has 0 bridgehead atoms. The number of hydrogen-bond donors (Lipinski definition) is 0. The molecule has 22 heavy (non-hydrogen) atoms. The summed E-state index contributed by atoms with van der Waals surface area (Å²) in [6.45, 7) is 0.431. The second-order valence-electron chi connectivity index (χ2n) is 4.68. The molecule has 0 aliphatic rings. The SMILES string of the molecule is C(=C\c1cncc(OCc2ccccn2)c1)/c1ccncc1. The molecule has 4 nitrogen and oxygen atoms in total. The van der Waals surface area contributed by atoms with Gasteiger partial charge in [0.15, 0.2) is 0 Å². The van der Waals surface area contributed by atoms with E-state index in [0.29, 0.717) is 6.61 Å². The van der Waals surface area contributed by atoms with Crippen molar-refractivity contribution in [3.05, 3.63) is 84.2 Å². The lowest BCUT2D eigenvalue weighted by molar-refractivity contribution is 0.300. The van der Waals surface area contributed by atoms with Gasteiger partial charge in [-0.3, -0.25) is 15.0 Å². The van der Waals surface area contributed by atoms with Crippen LogP contribution in [0.3, 0.4) is 0 Å². The molecule has 0 atom stereocenters. The first-order valence-electron chi connectivity index (χ1n) is 6.96. The van der Waals surface area contributed by atoms with Gasteiger partial charge in [0.1, 0.15) is 12.4 Å². The number of nitrogens with zero attached hydrogens (tertiary/aromatic N) is 3. The van der Waals surface area contributed by atoms with Crippen molar-refractivity contribution in [2.75, 3.05) is 0 Å². The van der Waals surface area contributed by atoms with Crippen LogP contribution >= 0.6 is 0 Å². The molecular formula is C18H15N3O. The number of aromatic nitrogens is 3. The fourth-order valence-electron chi connectivity index (χ4n) is 1.91. The van der Waals surface area contributed by atoms with Crippen LogP contribution in [0, 0.1) is 0 Å². The molecule has 108 valence electrons. The first kappa shape index (κ1) is 13.9. The predicted octanol–water partition coefficient (Wildman–Crippen LogP) is 3.62. The molecule has 3 aromatic rings. The maximum Gasteiger partial charge on any atom is 0.138 e. The highest BCUT2D eigenvalue weighted by Crippen LogP contribution is 2.15. The van der Waals surface area contributed by atoms with Crippen molar-refractivity contribution in [1.82, 2.24) is 15.0 Å². The summed E-state index contributed by atoms with van der Waals surface area (Å²) in [5, 5.41) is 0. The molecule has 4 heteroatoms. The summed E-state index contributed by atoms with van der Waals surface area (Å²) < 4.78 is 5.72. The average Bonchev–Trinajstić information content (AvgIpc) is 2.60. The minimum Gasteiger partial charge on any atom is -0.486 e. The Balaban J connectivity index is 1.66. The van der Waals surface area contributed by atoms with E-state index in [2.05, 4.69) is 15.0 Å². The molecular weight excluding hydrogens is 274 g/mol. The fourth-order valence-corrected chi connectivity index (χ4v) is 1.91. The molecule has 0 aliphatic carbocycles. The van der Waals surface area contributed by atoms with Crippen LogP contribution in [0.2, 0.25) is 0 Å². The topological polar surface area (TPSA) is 47.9 Å². The van der Waals surface area contributed by atoms with Crippen LogP contribution in [0.1, 0.15) is 16.8 Å². The Labute approximate surface area is 129 Å². The van der Waals surface area contributed by atoms with E-state index in [0.717, 1.165) is 22.6 Å². The summed E-state index contributed by atoms with van der Waals surface area (Å²) >= 11 is 0. The molecule has 0 N–H and O–H groups in total. The molecule has 0 spiro atoms. The average molecular weight is 289 g/mol. The highest BCUT2D eigenvalue weighted by atomic mass is 16.5. The van der Waals surface area contributed by atoms with E-state index in [1.807, 2.05) is 48.6 Å². The van der Waals surface area contributed by atoms with Gasteiger partial charge in [0.25, 0.3) is 0 Å². The lowest BCUT2D eigenvalue weighted by Crippen LogP contribution is -1.98. The molecule has 0 amide bonds. The van der Waals surface area contributed by atoms with E-state index in [1.165, 1.54) is 0 Å². The Kier molecular flexibility index (Phi) is 4.52. The first-order chi connectivity index (χ1) is 10.9. The molecule has 0 unspecified atom stereocenters. The van der Waals surface area contributed by atoms with Crippen LogP contribution in [0.15, 0.2) is 67.4 Å². The standard InChI is InChI=1S/C18H15N3O/c1-2-8-21-17(3-1)14-22-18-11-16(12-20-13-18)5-4-15-6-9-19-10-7-15/h1-13H,14H2/b5-4+. The Morgan fingerprint density at radius 3 is 2.55 bits per heavy atom. The van der Waals surface area contributed by atoms with Crippen LogP contribution in [-0.2, 0) is 6.61 Å². The van der Waals surface area contributed by atoms with E-state index < -0.39 is 0 Å². The highest BCUT2D eigenvalue weighted by molar-refractivity contribution is 5.69. The maximum absolute atomic E-state index is 5.72. The largest absolute Gasteiger partial charge is 0.486 e. The quantitative estimate of drug-likeness (QED) is 0.719. The van der Waals surface area contributed by atoms with Crippen molar-refractivity contribution in [2.24, 2.45) is 0 Å². The molecule has 3 aromatic heterocycles. The smallest absolute Gasteiger partial charge is 0.138 e. The van der Waals surface area contributed by atoms with Gasteiger partial charge >= 0.3 is 0 Å². The summed E-state index contributed by atoms with van der Waals surface area (Å²) in [6, 6.07) is 11.6. The minimum absolute atomic E-state index is 0.431. The van der Waals surface area contributed by atoms with Gasteiger partial charge in [-0.2, -0.15) is 0 Å². The lowest BCUT2D eigenvalue weighted by Gasteiger charge is -2.05. The van der Waals surface area contributed by atoms with Gasteiger partial charge < -0.3 is 4.74 Å². The Bertz CT molecular complexity index is 743. The lowest BCUT2D eigenvalue weighted by atomic mass is 10.2. The minimum atomic E-state index is 0.431. The van der Waals surface area contributed by atoms with Crippen LogP contribution in [0.25, 0.3) is 12.2 Å². The summed E-state index contributed by atoms with van der Waals surface area (Å²) in [4.78, 5) is 12.4. The zero-order chi connectivity index (χ0) is 15.0. The summed E-state index contributed by atoms with van der Waals surface area (Å²) in [7, 11) is 0. The van der Waals surface area contributed by atoms with Gasteiger partial charge in [-0.1, -0.05) is 18.2 Å². The van der Waals surface area contributed by atoms with Crippen molar-refractivity contribution in [1.29, 1.82) is 0 Å². The third-order valence-electron chi connectivity index (χ3n) is 3.02. The summed E-state index contributed by atoms with van der Waals surface area (Å²) in [5.41, 5.74) is 2.96. The number of hydrogen-bond acceptors (Lipinski definition) is 4. The highest BCUT2D eigenvalue weighted by Gasteiger charge is 1.98. The van der Waals surface area contributed by atoms with Gasteiger partial charge in [-0.05, 0) is 41.5 Å². The second kappa shape index (κ2) is 7.13. The van der Waals surface area contributed by atoms with E-state index >= 15 is 0 Å². The molecule has 0 radical (unpaired) electrons. The van der Waals surface area contributed by atoms with Crippen molar-refractivity contribution in [3.8, 4) is 5.75 Å². The van der Waals surface area contributed by atoms with Gasteiger partial charge in [0.05, 0.1) is 11.9 Å². The maximum atomic E-state index is 5.72. The zero-order valence-corrected chi connectivity index (χ0v) is 12.0. The first-order valence-corrected chi connectivity index (χ1v) is 6.96. The number of rotatable bonds is 5. The monoisotopic (exact) mass is 289 g/mol. The Morgan fingerprint density at radius 2 is 1.73 bits per heavy atom. The van der Waals surface area contributed by atoms with E-state index in [9.17, 15) is 0 Å². The number of pyridine rings is 3. The van der Waals surface area contributed by atoms with Gasteiger partial charge in [-0.15, -0.1) is 0 Å². The molecule has 0 aliphatic heterocycles. The summed E-state index contributed by atoms with van der Waals surface area (Å²) in [6.07, 6.45) is 12.8. The summed E-state index contributed by atoms with van der Waals surface area (Å²) in [5.74, 6) is 0.725. The van der Waals surface area contributed by atoms with E-state index in [-0.39, 0.29) is 0 Å². The van der Waals surface area contributed by atoms with E-state index in [4.69, 9.17) is 4.74 Å². The van der Waals surface area contributed by atoms with Gasteiger partial charge in [0.2, 0.25) is 0 Å². The van der Waals surface area contributed by atoms with Crippen molar-refractivity contribution in [2.45, 2.75) is 6.61 Å². The van der Waals surface area contributed by atoms with E-state index in [1.54, 1.807) is 31.0 Å². The fraction of sp³-hybridized carbons (Fsp3) is 0.0556. The molecule has 3 heterocycles. The van der Waals surface area contributed by atoms with Crippen LogP contribution in [0.4, 0.5) is 0 Å². The van der Waals surface area contributed by atoms with Crippen molar-refractivity contribution >= 4 is 12.2 Å². The Morgan fingerprint density at radius 1 is 0.864 bits per heavy atom. The molecule has 3 rings (SSSR count). The second-order valence-corrected chi connectivity index (χ2v) is 4.68. The third kappa shape index (κ3) is 3.99. The molecule has 0 aromatic carbocycles. The predicted molar refractivity (Wildman–Crippen MR) is 86.0 cm³/mol. The van der Waals surface area contributed by atoms with Crippen molar-refractivity contribution in [3.63, 3.8) is 0 Å². The van der Waals surface area contributed by atoms with Crippen LogP contribution in [0.5, 0.6) is 5.75 Å². The van der Waals surface area contributed by atoms with Crippen LogP contribution in [-0.4, -0.2) is 15.0 Å². The molecule has 0 saturated heterocycles. The normalized spacial score (nSPS) is 10.7. The number of ether oxygens (including phenoxy) is 1. The van der Waals surface area contributed by atoms with Crippen molar-refractivity contribution < 1.29 is 4.74 Å². The van der Waals surface area contributed by atoms with Crippen LogP contribution < -0.4 is 4.74 Å².